The van der Waals surface area contributed by atoms with E-state index < -0.39 is 5.91 Å². The van der Waals surface area contributed by atoms with Crippen LogP contribution in [0.5, 0.6) is 23.0 Å². The molecule has 35 heavy (non-hydrogen) atoms. The molecule has 7 nitrogen and oxygen atoms in total. The van der Waals surface area contributed by atoms with E-state index in [1.54, 1.807) is 42.5 Å². The van der Waals surface area contributed by atoms with E-state index in [4.69, 9.17) is 30.5 Å². The number of halogens is 1. The summed E-state index contributed by atoms with van der Waals surface area (Å²) in [6, 6.07) is 20.0. The van der Waals surface area contributed by atoms with Crippen LogP contribution in [0.3, 0.4) is 0 Å². The summed E-state index contributed by atoms with van der Waals surface area (Å²) >= 11 is 5.93. The molecular formula is C27H23ClN2O5. The number of hydrogen-bond donors (Lipinski definition) is 1. The quantitative estimate of drug-likeness (QED) is 0.324. The number of ether oxygens (including phenoxy) is 4. The Morgan fingerprint density at radius 2 is 1.80 bits per heavy atom. The maximum atomic E-state index is 12.6. The number of fused-ring (bicyclic) bond motifs is 1. The first kappa shape index (κ1) is 24.0. The summed E-state index contributed by atoms with van der Waals surface area (Å²) in [5.41, 5.74) is 2.41. The summed E-state index contributed by atoms with van der Waals surface area (Å²) in [5, 5.41) is 13.0. The minimum Gasteiger partial charge on any atom is -0.490 e. The fraction of sp³-hybridized carbons (Fsp3) is 0.185. The lowest BCUT2D eigenvalue weighted by atomic mass is 10.1. The highest BCUT2D eigenvalue weighted by Crippen LogP contribution is 2.33. The van der Waals surface area contributed by atoms with E-state index in [0.29, 0.717) is 46.8 Å². The van der Waals surface area contributed by atoms with Crippen molar-refractivity contribution in [2.24, 2.45) is 0 Å². The maximum absolute atomic E-state index is 12.6. The number of nitrogens with zero attached hydrogens (tertiary/aromatic N) is 1. The van der Waals surface area contributed by atoms with E-state index in [1.807, 2.05) is 31.2 Å². The first-order valence-corrected chi connectivity index (χ1v) is 11.4. The largest absolute Gasteiger partial charge is 0.490 e. The molecule has 0 unspecified atom stereocenters. The molecule has 1 aliphatic rings. The highest BCUT2D eigenvalue weighted by Gasteiger charge is 2.15. The Balaban J connectivity index is 1.43. The second kappa shape index (κ2) is 11.3. The molecule has 3 aromatic carbocycles. The molecule has 0 spiro atoms. The Labute approximate surface area is 208 Å². The topological polar surface area (TPSA) is 89.8 Å². The van der Waals surface area contributed by atoms with Crippen LogP contribution in [0.4, 0.5) is 0 Å². The highest BCUT2D eigenvalue weighted by molar-refractivity contribution is 6.30. The van der Waals surface area contributed by atoms with E-state index in [1.165, 1.54) is 6.08 Å². The zero-order valence-corrected chi connectivity index (χ0v) is 19.8. The van der Waals surface area contributed by atoms with Crippen LogP contribution in [-0.2, 0) is 17.9 Å². The van der Waals surface area contributed by atoms with E-state index in [-0.39, 0.29) is 18.9 Å². The number of carbonyl (C=O) groups excluding carboxylic acids is 1. The van der Waals surface area contributed by atoms with Gasteiger partial charge >= 0.3 is 0 Å². The van der Waals surface area contributed by atoms with Gasteiger partial charge in [-0.05, 0) is 66.1 Å². The van der Waals surface area contributed by atoms with Gasteiger partial charge in [0.2, 0.25) is 6.79 Å². The van der Waals surface area contributed by atoms with Crippen molar-refractivity contribution < 1.29 is 23.7 Å². The van der Waals surface area contributed by atoms with Crippen molar-refractivity contribution in [2.45, 2.75) is 20.1 Å². The van der Waals surface area contributed by atoms with Crippen molar-refractivity contribution in [1.29, 1.82) is 5.26 Å². The molecule has 1 heterocycles. The number of amides is 1. The molecule has 0 aliphatic carbocycles. The predicted octanol–water partition coefficient (Wildman–Crippen LogP) is 5.27. The maximum Gasteiger partial charge on any atom is 0.262 e. The lowest BCUT2D eigenvalue weighted by molar-refractivity contribution is -0.117. The third-order valence-electron chi connectivity index (χ3n) is 5.14. The fourth-order valence-electron chi connectivity index (χ4n) is 3.39. The Hall–Kier alpha value is -4.15. The molecule has 178 valence electrons. The van der Waals surface area contributed by atoms with Crippen molar-refractivity contribution in [3.8, 4) is 29.1 Å². The van der Waals surface area contributed by atoms with Gasteiger partial charge in [-0.1, -0.05) is 35.9 Å². The Bertz CT molecular complexity index is 1280. The van der Waals surface area contributed by atoms with Gasteiger partial charge in [-0.15, -0.1) is 0 Å². The SMILES string of the molecule is CCOc1cc(/C=C(\C#N)C(=O)NCc2ccc3c(c2)OCO3)ccc1OCc1ccc(Cl)cc1. The van der Waals surface area contributed by atoms with Gasteiger partial charge in [0.15, 0.2) is 23.0 Å². The number of nitriles is 1. The second-order valence-corrected chi connectivity index (χ2v) is 8.03. The number of benzene rings is 3. The van der Waals surface area contributed by atoms with Gasteiger partial charge in [-0.3, -0.25) is 4.79 Å². The van der Waals surface area contributed by atoms with Gasteiger partial charge in [-0.2, -0.15) is 5.26 Å². The summed E-state index contributed by atoms with van der Waals surface area (Å²) in [4.78, 5) is 12.6. The molecule has 3 aromatic rings. The Kier molecular flexibility index (Phi) is 7.76. The van der Waals surface area contributed by atoms with Crippen molar-refractivity contribution in [1.82, 2.24) is 5.32 Å². The van der Waals surface area contributed by atoms with Crippen LogP contribution >= 0.6 is 11.6 Å². The molecule has 1 N–H and O–H groups in total. The first-order valence-electron chi connectivity index (χ1n) is 11.0. The summed E-state index contributed by atoms with van der Waals surface area (Å²) in [6.45, 7) is 3.08. The molecule has 8 heteroatoms. The van der Waals surface area contributed by atoms with Gasteiger partial charge in [0.05, 0.1) is 6.61 Å². The zero-order valence-electron chi connectivity index (χ0n) is 19.0. The van der Waals surface area contributed by atoms with Crippen LogP contribution in [-0.4, -0.2) is 19.3 Å². The zero-order chi connectivity index (χ0) is 24.6. The predicted molar refractivity (Wildman–Crippen MR) is 131 cm³/mol. The molecule has 0 radical (unpaired) electrons. The lowest BCUT2D eigenvalue weighted by Gasteiger charge is -2.13. The van der Waals surface area contributed by atoms with Gasteiger partial charge in [0.25, 0.3) is 5.91 Å². The van der Waals surface area contributed by atoms with Crippen LogP contribution < -0.4 is 24.3 Å². The molecule has 1 amide bonds. The number of carbonyl (C=O) groups is 1. The van der Waals surface area contributed by atoms with Gasteiger partial charge < -0.3 is 24.3 Å². The monoisotopic (exact) mass is 490 g/mol. The smallest absolute Gasteiger partial charge is 0.262 e. The minimum absolute atomic E-state index is 0.0250. The molecule has 0 saturated carbocycles. The van der Waals surface area contributed by atoms with Crippen LogP contribution in [0.2, 0.25) is 5.02 Å². The molecule has 0 aromatic heterocycles. The average molecular weight is 491 g/mol. The van der Waals surface area contributed by atoms with Gasteiger partial charge in [-0.25, -0.2) is 0 Å². The average Bonchev–Trinajstić information content (AvgIpc) is 3.34. The van der Waals surface area contributed by atoms with Crippen molar-refractivity contribution in [2.75, 3.05) is 13.4 Å². The molecular weight excluding hydrogens is 468 g/mol. The Morgan fingerprint density at radius 3 is 2.57 bits per heavy atom. The minimum atomic E-state index is -0.480. The first-order chi connectivity index (χ1) is 17.1. The number of rotatable bonds is 9. The summed E-state index contributed by atoms with van der Waals surface area (Å²) in [7, 11) is 0. The molecule has 1 aliphatic heterocycles. The van der Waals surface area contributed by atoms with E-state index in [2.05, 4.69) is 5.32 Å². The standard InChI is InChI=1S/C27H23ClN2O5/c1-2-32-25-12-19(5-9-23(25)33-16-18-3-7-22(28)8-4-18)11-21(14-29)27(31)30-15-20-6-10-24-26(13-20)35-17-34-24/h3-13H,2,15-17H2,1H3,(H,30,31)/b21-11+. The van der Waals surface area contributed by atoms with Crippen LogP contribution in [0, 0.1) is 11.3 Å². The lowest BCUT2D eigenvalue weighted by Crippen LogP contribution is -2.23. The highest BCUT2D eigenvalue weighted by atomic mass is 35.5. The van der Waals surface area contributed by atoms with E-state index in [9.17, 15) is 10.1 Å². The van der Waals surface area contributed by atoms with E-state index >= 15 is 0 Å². The molecule has 0 atom stereocenters. The third kappa shape index (κ3) is 6.25. The summed E-state index contributed by atoms with van der Waals surface area (Å²) in [6.07, 6.45) is 1.51. The van der Waals surface area contributed by atoms with Crippen molar-refractivity contribution >= 4 is 23.6 Å². The summed E-state index contributed by atoms with van der Waals surface area (Å²) in [5.74, 6) is 1.90. The second-order valence-electron chi connectivity index (χ2n) is 7.59. The molecule has 0 bridgehead atoms. The third-order valence-corrected chi connectivity index (χ3v) is 5.39. The fourth-order valence-corrected chi connectivity index (χ4v) is 3.51. The van der Waals surface area contributed by atoms with E-state index in [0.717, 1.165) is 11.1 Å². The molecule has 0 saturated heterocycles. The van der Waals surface area contributed by atoms with Crippen molar-refractivity contribution in [3.63, 3.8) is 0 Å². The molecule has 4 rings (SSSR count). The van der Waals surface area contributed by atoms with Gasteiger partial charge in [0.1, 0.15) is 18.2 Å². The Morgan fingerprint density at radius 1 is 1.03 bits per heavy atom. The summed E-state index contributed by atoms with van der Waals surface area (Å²) < 4.78 is 22.3. The van der Waals surface area contributed by atoms with Gasteiger partial charge in [0, 0.05) is 11.6 Å². The molecule has 0 fully saturated rings. The van der Waals surface area contributed by atoms with Crippen LogP contribution in [0.25, 0.3) is 6.08 Å². The number of hydrogen-bond acceptors (Lipinski definition) is 6. The van der Waals surface area contributed by atoms with Crippen LogP contribution in [0.1, 0.15) is 23.6 Å². The van der Waals surface area contributed by atoms with Crippen molar-refractivity contribution in [3.05, 3.63) is 87.9 Å². The normalized spacial score (nSPS) is 12.1. The number of nitrogens with one attached hydrogen (secondary N) is 1. The van der Waals surface area contributed by atoms with Crippen LogP contribution in [0.15, 0.2) is 66.2 Å².